The molecule has 1 aromatic heterocycles. The fourth-order valence-corrected chi connectivity index (χ4v) is 4.03. The molecule has 0 aliphatic carbocycles. The van der Waals surface area contributed by atoms with Gasteiger partial charge in [-0.3, -0.25) is 4.98 Å². The molecule has 0 spiro atoms. The van der Waals surface area contributed by atoms with Crippen molar-refractivity contribution in [2.24, 2.45) is 5.92 Å². The van der Waals surface area contributed by atoms with E-state index in [-0.39, 0.29) is 12.0 Å². The van der Waals surface area contributed by atoms with Crippen molar-refractivity contribution in [2.45, 2.75) is 25.4 Å². The molecule has 8 heteroatoms. The molecule has 4 rings (SSSR count). The number of hydrazine groups is 1. The number of halogens is 1. The number of carbonyl (C=O) groups excluding carboxylic acids is 1. The summed E-state index contributed by atoms with van der Waals surface area (Å²) in [6.07, 6.45) is 6.22. The Morgan fingerprint density at radius 1 is 1.41 bits per heavy atom. The van der Waals surface area contributed by atoms with Crippen LogP contribution in [0, 0.1) is 11.7 Å². The van der Waals surface area contributed by atoms with Crippen molar-refractivity contribution >= 4 is 17.3 Å². The predicted octanol–water partition coefficient (Wildman–Crippen LogP) is 2.83. The fraction of sp³-hybridized carbons (Fsp3) is 0.429. The fourth-order valence-electron chi connectivity index (χ4n) is 4.03. The Kier molecular flexibility index (Phi) is 5.92. The standard InChI is InChI=1S/C21H26FN5O2/c1-29-21(28)16-6-9-24-13-18(16)25-20-17-11-15(22)4-5-19(17)27(26-20)10-7-14-3-2-8-23-12-14/h4-6,9,11,13-14,20,23,25-26H,2-3,7-8,10,12H2,1H3. The lowest BCUT2D eigenvalue weighted by Gasteiger charge is -2.27. The number of nitrogens with one attached hydrogen (secondary N) is 3. The first-order valence-corrected chi connectivity index (χ1v) is 9.98. The van der Waals surface area contributed by atoms with Crippen molar-refractivity contribution in [2.75, 3.05) is 37.1 Å². The summed E-state index contributed by atoms with van der Waals surface area (Å²) in [5.74, 6) is -0.102. The Labute approximate surface area is 169 Å². The van der Waals surface area contributed by atoms with Gasteiger partial charge in [0.1, 0.15) is 12.0 Å². The highest BCUT2D eigenvalue weighted by Crippen LogP contribution is 2.35. The molecule has 3 N–H and O–H groups in total. The van der Waals surface area contributed by atoms with Gasteiger partial charge in [0, 0.05) is 18.3 Å². The number of anilines is 2. The van der Waals surface area contributed by atoms with Crippen LogP contribution in [0.25, 0.3) is 0 Å². The minimum absolute atomic E-state index is 0.296. The molecule has 0 radical (unpaired) electrons. The van der Waals surface area contributed by atoms with E-state index in [1.54, 1.807) is 18.3 Å². The van der Waals surface area contributed by atoms with Crippen LogP contribution >= 0.6 is 0 Å². The molecule has 2 atom stereocenters. The number of pyridine rings is 1. The number of hydrogen-bond acceptors (Lipinski definition) is 7. The molecule has 0 saturated carbocycles. The Balaban J connectivity index is 1.53. The van der Waals surface area contributed by atoms with Gasteiger partial charge < -0.3 is 20.4 Å². The van der Waals surface area contributed by atoms with Crippen molar-refractivity contribution in [1.82, 2.24) is 15.7 Å². The van der Waals surface area contributed by atoms with E-state index < -0.39 is 5.97 Å². The normalized spacial score (nSPS) is 21.0. The number of carbonyl (C=O) groups is 1. The molecular formula is C21H26FN5O2. The molecule has 29 heavy (non-hydrogen) atoms. The monoisotopic (exact) mass is 399 g/mol. The lowest BCUT2D eigenvalue weighted by Crippen LogP contribution is -2.40. The number of methoxy groups -OCH3 is 1. The Bertz CT molecular complexity index is 872. The van der Waals surface area contributed by atoms with Crippen LogP contribution in [0.15, 0.2) is 36.7 Å². The summed E-state index contributed by atoms with van der Waals surface area (Å²) in [7, 11) is 1.34. The average molecular weight is 399 g/mol. The zero-order chi connectivity index (χ0) is 20.2. The van der Waals surface area contributed by atoms with E-state index in [1.165, 1.54) is 38.3 Å². The number of rotatable bonds is 6. The van der Waals surface area contributed by atoms with Crippen LogP contribution in [0.3, 0.4) is 0 Å². The maximum Gasteiger partial charge on any atom is 0.340 e. The summed E-state index contributed by atoms with van der Waals surface area (Å²) >= 11 is 0. The minimum atomic E-state index is -0.450. The maximum atomic E-state index is 14.0. The minimum Gasteiger partial charge on any atom is -0.465 e. The number of ether oxygens (including phenoxy) is 1. The Hall–Kier alpha value is -2.71. The van der Waals surface area contributed by atoms with Crippen LogP contribution in [-0.2, 0) is 4.74 Å². The van der Waals surface area contributed by atoms with Crippen molar-refractivity contribution in [3.8, 4) is 0 Å². The van der Waals surface area contributed by atoms with E-state index in [0.717, 1.165) is 37.3 Å². The third kappa shape index (κ3) is 4.33. The highest BCUT2D eigenvalue weighted by Gasteiger charge is 2.30. The second kappa shape index (κ2) is 8.75. The van der Waals surface area contributed by atoms with E-state index in [2.05, 4.69) is 26.1 Å². The van der Waals surface area contributed by atoms with Gasteiger partial charge in [-0.15, -0.1) is 0 Å². The second-order valence-corrected chi connectivity index (χ2v) is 7.48. The summed E-state index contributed by atoms with van der Waals surface area (Å²) in [4.78, 5) is 16.2. The molecule has 2 aliphatic heterocycles. The molecule has 154 valence electrons. The number of nitrogens with zero attached hydrogens (tertiary/aromatic N) is 2. The highest BCUT2D eigenvalue weighted by molar-refractivity contribution is 5.95. The molecule has 1 fully saturated rings. The van der Waals surface area contributed by atoms with Gasteiger partial charge in [0.25, 0.3) is 0 Å². The SMILES string of the molecule is COC(=O)c1ccncc1NC1NN(CCC2CCCNC2)c2ccc(F)cc21. The third-order valence-corrected chi connectivity index (χ3v) is 5.56. The van der Waals surface area contributed by atoms with E-state index in [1.807, 2.05) is 0 Å². The van der Waals surface area contributed by atoms with Crippen LogP contribution < -0.4 is 21.1 Å². The topological polar surface area (TPSA) is 78.5 Å². The number of hydrogen-bond donors (Lipinski definition) is 3. The first-order valence-electron chi connectivity index (χ1n) is 9.98. The molecule has 0 amide bonds. The largest absolute Gasteiger partial charge is 0.465 e. The van der Waals surface area contributed by atoms with Gasteiger partial charge in [-0.1, -0.05) is 0 Å². The van der Waals surface area contributed by atoms with E-state index in [9.17, 15) is 9.18 Å². The van der Waals surface area contributed by atoms with Gasteiger partial charge in [0.15, 0.2) is 0 Å². The van der Waals surface area contributed by atoms with Gasteiger partial charge in [0.05, 0.1) is 30.2 Å². The molecule has 1 aromatic carbocycles. The maximum absolute atomic E-state index is 14.0. The van der Waals surface area contributed by atoms with Gasteiger partial charge in [-0.25, -0.2) is 14.6 Å². The van der Waals surface area contributed by atoms with E-state index in [4.69, 9.17) is 4.74 Å². The highest BCUT2D eigenvalue weighted by atomic mass is 19.1. The third-order valence-electron chi connectivity index (χ3n) is 5.56. The number of benzene rings is 1. The molecule has 2 aromatic rings. The first kappa shape index (κ1) is 19.6. The molecule has 0 bridgehead atoms. The van der Waals surface area contributed by atoms with Crippen LogP contribution in [0.4, 0.5) is 15.8 Å². The molecule has 2 unspecified atom stereocenters. The van der Waals surface area contributed by atoms with Gasteiger partial charge in [-0.05, 0) is 62.5 Å². The Morgan fingerprint density at radius 3 is 3.10 bits per heavy atom. The average Bonchev–Trinajstić information content (AvgIpc) is 3.09. The number of aromatic nitrogens is 1. The second-order valence-electron chi connectivity index (χ2n) is 7.48. The van der Waals surface area contributed by atoms with Crippen molar-refractivity contribution in [3.05, 3.63) is 53.6 Å². The molecule has 3 heterocycles. The summed E-state index contributed by atoms with van der Waals surface area (Å²) < 4.78 is 18.8. The molecule has 7 nitrogen and oxygen atoms in total. The lowest BCUT2D eigenvalue weighted by atomic mass is 9.96. The zero-order valence-corrected chi connectivity index (χ0v) is 16.5. The van der Waals surface area contributed by atoms with Crippen molar-refractivity contribution in [3.63, 3.8) is 0 Å². The number of fused-ring (bicyclic) bond motifs is 1. The summed E-state index contributed by atoms with van der Waals surface area (Å²) in [6, 6.07) is 6.39. The molecule has 1 saturated heterocycles. The molecular weight excluding hydrogens is 373 g/mol. The first-order chi connectivity index (χ1) is 14.2. The van der Waals surface area contributed by atoms with Crippen LogP contribution in [0.1, 0.15) is 41.3 Å². The van der Waals surface area contributed by atoms with E-state index in [0.29, 0.717) is 17.2 Å². The van der Waals surface area contributed by atoms with Crippen LogP contribution in [-0.4, -0.2) is 37.7 Å². The number of piperidine rings is 1. The van der Waals surface area contributed by atoms with Crippen LogP contribution in [0.2, 0.25) is 0 Å². The Morgan fingerprint density at radius 2 is 2.31 bits per heavy atom. The van der Waals surface area contributed by atoms with Gasteiger partial charge in [-0.2, -0.15) is 0 Å². The zero-order valence-electron chi connectivity index (χ0n) is 16.5. The smallest absolute Gasteiger partial charge is 0.340 e. The number of esters is 1. The summed E-state index contributed by atoms with van der Waals surface area (Å²) in [5.41, 5.74) is 6.07. The summed E-state index contributed by atoms with van der Waals surface area (Å²) in [6.45, 7) is 2.96. The summed E-state index contributed by atoms with van der Waals surface area (Å²) in [5, 5.41) is 8.79. The lowest BCUT2D eigenvalue weighted by molar-refractivity contribution is 0.0601. The van der Waals surface area contributed by atoms with E-state index >= 15 is 0 Å². The van der Waals surface area contributed by atoms with Gasteiger partial charge >= 0.3 is 5.97 Å². The molecule has 2 aliphatic rings. The van der Waals surface area contributed by atoms with Crippen molar-refractivity contribution < 1.29 is 13.9 Å². The van der Waals surface area contributed by atoms with Crippen LogP contribution in [0.5, 0.6) is 0 Å². The predicted molar refractivity (Wildman–Crippen MR) is 109 cm³/mol. The van der Waals surface area contributed by atoms with Gasteiger partial charge in [0.2, 0.25) is 0 Å². The van der Waals surface area contributed by atoms with Crippen molar-refractivity contribution in [1.29, 1.82) is 0 Å². The quantitative estimate of drug-likeness (QED) is 0.645.